The maximum Gasteiger partial charge on any atom is 0.265 e. The van der Waals surface area contributed by atoms with E-state index in [1.165, 1.54) is 6.20 Å². The van der Waals surface area contributed by atoms with E-state index in [1.54, 1.807) is 19.1 Å². The van der Waals surface area contributed by atoms with Crippen molar-refractivity contribution in [3.05, 3.63) is 41.2 Å². The maximum atomic E-state index is 12.3. The average Bonchev–Trinajstić information content (AvgIpc) is 2.86. The zero-order chi connectivity index (χ0) is 15.5. The summed E-state index contributed by atoms with van der Waals surface area (Å²) in [7, 11) is -3.65. The van der Waals surface area contributed by atoms with Gasteiger partial charge in [-0.3, -0.25) is 9.82 Å². The fourth-order valence-electron chi connectivity index (χ4n) is 1.82. The Balaban J connectivity index is 2.30. The number of nitrogens with two attached hydrogens (primary N) is 1. The number of aryl methyl sites for hydroxylation is 2. The van der Waals surface area contributed by atoms with Crippen LogP contribution in [0.2, 0.25) is 0 Å². The Bertz CT molecular complexity index is 813. The Morgan fingerprint density at radius 1 is 1.38 bits per heavy atom. The number of hydrogen-bond acceptors (Lipinski definition) is 4. The molecule has 0 unspecified atom stereocenters. The first kappa shape index (κ1) is 15.1. The lowest BCUT2D eigenvalue weighted by molar-refractivity contribution is 0.600. The molecule has 0 bridgehead atoms. The van der Waals surface area contributed by atoms with Crippen molar-refractivity contribution in [1.29, 1.82) is 0 Å². The molecular formula is C14H16N4O2S. The number of aromatic amines is 1. The molecule has 2 rings (SSSR count). The predicted molar refractivity (Wildman–Crippen MR) is 81.2 cm³/mol. The number of sulfonamides is 1. The van der Waals surface area contributed by atoms with Crippen molar-refractivity contribution in [2.75, 3.05) is 11.3 Å². The Labute approximate surface area is 123 Å². The van der Waals surface area contributed by atoms with E-state index in [9.17, 15) is 8.42 Å². The molecule has 1 aromatic heterocycles. The summed E-state index contributed by atoms with van der Waals surface area (Å²) in [5.74, 6) is 5.66. The van der Waals surface area contributed by atoms with Gasteiger partial charge in [0.05, 0.1) is 24.1 Å². The van der Waals surface area contributed by atoms with Crippen LogP contribution in [-0.2, 0) is 10.0 Å². The minimum Gasteiger partial charge on any atom is -0.320 e. The molecule has 110 valence electrons. The van der Waals surface area contributed by atoms with Crippen molar-refractivity contribution in [3.8, 4) is 11.8 Å². The van der Waals surface area contributed by atoms with Crippen LogP contribution in [0.4, 0.5) is 5.69 Å². The van der Waals surface area contributed by atoms with E-state index in [4.69, 9.17) is 5.73 Å². The van der Waals surface area contributed by atoms with Gasteiger partial charge in [-0.1, -0.05) is 11.8 Å². The normalized spacial score (nSPS) is 10.8. The van der Waals surface area contributed by atoms with Crippen molar-refractivity contribution in [2.24, 2.45) is 5.73 Å². The lowest BCUT2D eigenvalue weighted by Crippen LogP contribution is -2.14. The first-order valence-electron chi connectivity index (χ1n) is 6.26. The number of hydrogen-bond donors (Lipinski definition) is 3. The van der Waals surface area contributed by atoms with E-state index in [1.807, 2.05) is 13.0 Å². The third kappa shape index (κ3) is 3.42. The molecule has 0 spiro atoms. The smallest absolute Gasteiger partial charge is 0.265 e. The summed E-state index contributed by atoms with van der Waals surface area (Å²) in [5, 5.41) is 6.33. The van der Waals surface area contributed by atoms with Crippen LogP contribution >= 0.6 is 0 Å². The summed E-state index contributed by atoms with van der Waals surface area (Å²) in [5.41, 5.74) is 7.89. The molecule has 0 aliphatic rings. The average molecular weight is 304 g/mol. The Morgan fingerprint density at radius 3 is 2.71 bits per heavy atom. The van der Waals surface area contributed by atoms with Gasteiger partial charge in [0, 0.05) is 5.56 Å². The molecule has 0 atom stereocenters. The zero-order valence-corrected chi connectivity index (χ0v) is 12.6. The maximum absolute atomic E-state index is 12.3. The first-order valence-corrected chi connectivity index (χ1v) is 7.75. The zero-order valence-electron chi connectivity index (χ0n) is 11.8. The van der Waals surface area contributed by atoms with E-state index in [2.05, 4.69) is 26.8 Å². The summed E-state index contributed by atoms with van der Waals surface area (Å²) in [6.07, 6.45) is 1.29. The fourth-order valence-corrected chi connectivity index (χ4v) is 3.09. The molecule has 0 fully saturated rings. The second kappa shape index (κ2) is 5.99. The highest BCUT2D eigenvalue weighted by Gasteiger charge is 2.19. The number of aromatic nitrogens is 2. The second-order valence-corrected chi connectivity index (χ2v) is 6.15. The summed E-state index contributed by atoms with van der Waals surface area (Å²) in [6.45, 7) is 3.75. The van der Waals surface area contributed by atoms with Crippen LogP contribution < -0.4 is 10.5 Å². The monoisotopic (exact) mass is 304 g/mol. The predicted octanol–water partition coefficient (Wildman–Crippen LogP) is 1.14. The fraction of sp³-hybridized carbons (Fsp3) is 0.214. The van der Waals surface area contributed by atoms with Crippen LogP contribution in [0.3, 0.4) is 0 Å². The number of rotatable bonds is 3. The van der Waals surface area contributed by atoms with E-state index in [0.29, 0.717) is 11.4 Å². The highest BCUT2D eigenvalue weighted by atomic mass is 32.2. The molecule has 0 radical (unpaired) electrons. The van der Waals surface area contributed by atoms with Gasteiger partial charge >= 0.3 is 0 Å². The Morgan fingerprint density at radius 2 is 2.14 bits per heavy atom. The van der Waals surface area contributed by atoms with Gasteiger partial charge in [-0.15, -0.1) is 0 Å². The lowest BCUT2D eigenvalue weighted by atomic mass is 10.1. The molecule has 2 aromatic rings. The van der Waals surface area contributed by atoms with Crippen LogP contribution in [0, 0.1) is 25.7 Å². The molecule has 0 aliphatic heterocycles. The van der Waals surface area contributed by atoms with Crippen LogP contribution in [0.1, 0.15) is 16.8 Å². The third-order valence-electron chi connectivity index (χ3n) is 2.88. The number of nitrogens with zero attached hydrogens (tertiary/aromatic N) is 1. The summed E-state index contributed by atoms with van der Waals surface area (Å²) in [6, 6.07) is 5.24. The Kier molecular flexibility index (Phi) is 4.31. The number of benzene rings is 1. The number of anilines is 1. The van der Waals surface area contributed by atoms with Crippen molar-refractivity contribution >= 4 is 15.7 Å². The molecule has 0 amide bonds. The first-order chi connectivity index (χ1) is 9.94. The van der Waals surface area contributed by atoms with Gasteiger partial charge in [0.15, 0.2) is 0 Å². The number of H-pyrrole nitrogens is 1. The summed E-state index contributed by atoms with van der Waals surface area (Å²) >= 11 is 0. The van der Waals surface area contributed by atoms with Gasteiger partial charge in [0.1, 0.15) is 4.90 Å². The van der Waals surface area contributed by atoms with Crippen molar-refractivity contribution in [2.45, 2.75) is 18.7 Å². The largest absolute Gasteiger partial charge is 0.320 e. The highest BCUT2D eigenvalue weighted by Crippen LogP contribution is 2.21. The SMILES string of the molecule is Cc1cc(C#CCN)ccc1NS(=O)(=O)c1cn[nH]c1C. The van der Waals surface area contributed by atoms with Gasteiger partial charge in [-0.05, 0) is 37.6 Å². The van der Waals surface area contributed by atoms with E-state index in [-0.39, 0.29) is 11.4 Å². The topological polar surface area (TPSA) is 101 Å². The van der Waals surface area contributed by atoms with Gasteiger partial charge in [0.2, 0.25) is 0 Å². The van der Waals surface area contributed by atoms with Crippen molar-refractivity contribution in [3.63, 3.8) is 0 Å². The molecule has 6 nitrogen and oxygen atoms in total. The van der Waals surface area contributed by atoms with Gasteiger partial charge < -0.3 is 5.73 Å². The molecule has 7 heteroatoms. The van der Waals surface area contributed by atoms with E-state index >= 15 is 0 Å². The molecule has 1 heterocycles. The molecule has 0 saturated carbocycles. The highest BCUT2D eigenvalue weighted by molar-refractivity contribution is 7.92. The van der Waals surface area contributed by atoms with Crippen LogP contribution in [0.25, 0.3) is 0 Å². The lowest BCUT2D eigenvalue weighted by Gasteiger charge is -2.10. The van der Waals surface area contributed by atoms with Gasteiger partial charge in [-0.25, -0.2) is 8.42 Å². The molecular weight excluding hydrogens is 288 g/mol. The standard InChI is InChI=1S/C14H16N4O2S/c1-10-8-12(4-3-7-15)5-6-13(10)18-21(19,20)14-9-16-17-11(14)2/h5-6,8-9,18H,7,15H2,1-2H3,(H,16,17). The molecule has 0 aliphatic carbocycles. The quantitative estimate of drug-likeness (QED) is 0.740. The van der Waals surface area contributed by atoms with Crippen molar-refractivity contribution < 1.29 is 8.42 Å². The van der Waals surface area contributed by atoms with Gasteiger partial charge in [0.25, 0.3) is 10.0 Å². The van der Waals surface area contributed by atoms with Gasteiger partial charge in [-0.2, -0.15) is 5.10 Å². The summed E-state index contributed by atoms with van der Waals surface area (Å²) in [4.78, 5) is 0.133. The van der Waals surface area contributed by atoms with Crippen LogP contribution in [-0.4, -0.2) is 25.2 Å². The van der Waals surface area contributed by atoms with Crippen LogP contribution in [0.5, 0.6) is 0 Å². The Hall–Kier alpha value is -2.30. The van der Waals surface area contributed by atoms with E-state index < -0.39 is 10.0 Å². The molecule has 1 aromatic carbocycles. The number of nitrogens with one attached hydrogen (secondary N) is 2. The summed E-state index contributed by atoms with van der Waals surface area (Å²) < 4.78 is 27.1. The molecule has 4 N–H and O–H groups in total. The molecule has 0 saturated heterocycles. The second-order valence-electron chi connectivity index (χ2n) is 4.50. The van der Waals surface area contributed by atoms with Crippen molar-refractivity contribution in [1.82, 2.24) is 10.2 Å². The van der Waals surface area contributed by atoms with Crippen LogP contribution in [0.15, 0.2) is 29.3 Å². The minimum atomic E-state index is -3.65. The molecule has 21 heavy (non-hydrogen) atoms. The third-order valence-corrected chi connectivity index (χ3v) is 4.36. The van der Waals surface area contributed by atoms with E-state index in [0.717, 1.165) is 11.1 Å². The minimum absolute atomic E-state index is 0.133.